The Labute approximate surface area is 169 Å². The maximum Gasteiger partial charge on any atom is 0.272 e. The van der Waals surface area contributed by atoms with E-state index in [1.54, 1.807) is 0 Å². The SMILES string of the molecule is Cc1nc2ccccn2c1C(=O)N1CCC(Cn2c(C)nc3ccccc32)CC1. The maximum absolute atomic E-state index is 13.2. The van der Waals surface area contributed by atoms with Crippen LogP contribution in [-0.2, 0) is 6.54 Å². The topological polar surface area (TPSA) is 55.4 Å². The quantitative estimate of drug-likeness (QED) is 0.536. The van der Waals surface area contributed by atoms with Gasteiger partial charge in [-0.1, -0.05) is 18.2 Å². The molecule has 1 aliphatic heterocycles. The molecule has 1 amide bonds. The fourth-order valence-corrected chi connectivity index (χ4v) is 4.52. The molecule has 1 fully saturated rings. The summed E-state index contributed by atoms with van der Waals surface area (Å²) in [5, 5.41) is 0. The highest BCUT2D eigenvalue weighted by atomic mass is 16.2. The summed E-state index contributed by atoms with van der Waals surface area (Å²) in [6.45, 7) is 6.53. The monoisotopic (exact) mass is 387 g/mol. The summed E-state index contributed by atoms with van der Waals surface area (Å²) >= 11 is 0. The van der Waals surface area contributed by atoms with Gasteiger partial charge in [0, 0.05) is 25.8 Å². The van der Waals surface area contributed by atoms with Gasteiger partial charge in [-0.05, 0) is 56.9 Å². The number of likely N-dealkylation sites (tertiary alicyclic amines) is 1. The summed E-state index contributed by atoms with van der Waals surface area (Å²) in [5.41, 5.74) is 4.57. The van der Waals surface area contributed by atoms with Gasteiger partial charge in [-0.25, -0.2) is 9.97 Å². The molecule has 1 aromatic carbocycles. The van der Waals surface area contributed by atoms with Crippen molar-refractivity contribution in [3.05, 3.63) is 65.9 Å². The summed E-state index contributed by atoms with van der Waals surface area (Å²) < 4.78 is 4.23. The molecular formula is C23H25N5O. The van der Waals surface area contributed by atoms with E-state index in [2.05, 4.69) is 39.7 Å². The Morgan fingerprint density at radius 1 is 1.03 bits per heavy atom. The van der Waals surface area contributed by atoms with E-state index in [-0.39, 0.29) is 5.91 Å². The number of carbonyl (C=O) groups is 1. The van der Waals surface area contributed by atoms with Gasteiger partial charge in [0.1, 0.15) is 17.2 Å². The number of para-hydroxylation sites is 2. The predicted molar refractivity (Wildman–Crippen MR) is 113 cm³/mol. The second-order valence-corrected chi connectivity index (χ2v) is 7.97. The van der Waals surface area contributed by atoms with E-state index in [0.717, 1.165) is 55.2 Å². The van der Waals surface area contributed by atoms with Crippen LogP contribution in [0.2, 0.25) is 0 Å². The van der Waals surface area contributed by atoms with Crippen LogP contribution in [0.15, 0.2) is 48.7 Å². The van der Waals surface area contributed by atoms with E-state index in [9.17, 15) is 4.79 Å². The molecule has 0 saturated carbocycles. The van der Waals surface area contributed by atoms with Crippen molar-refractivity contribution >= 4 is 22.6 Å². The molecular weight excluding hydrogens is 362 g/mol. The molecule has 0 bridgehead atoms. The van der Waals surface area contributed by atoms with Crippen molar-refractivity contribution in [3.8, 4) is 0 Å². The number of piperidine rings is 1. The molecule has 4 heterocycles. The lowest BCUT2D eigenvalue weighted by molar-refractivity contribution is 0.0675. The third-order valence-corrected chi connectivity index (χ3v) is 6.09. The summed E-state index contributed by atoms with van der Waals surface area (Å²) in [6.07, 6.45) is 3.93. The Morgan fingerprint density at radius 2 is 1.79 bits per heavy atom. The molecule has 1 aliphatic rings. The minimum atomic E-state index is 0.0870. The normalized spacial score (nSPS) is 15.4. The Morgan fingerprint density at radius 3 is 2.62 bits per heavy atom. The molecule has 6 heteroatoms. The number of fused-ring (bicyclic) bond motifs is 2. The van der Waals surface area contributed by atoms with Crippen LogP contribution >= 0.6 is 0 Å². The van der Waals surface area contributed by atoms with Gasteiger partial charge >= 0.3 is 0 Å². The van der Waals surface area contributed by atoms with E-state index in [4.69, 9.17) is 0 Å². The number of amides is 1. The third kappa shape index (κ3) is 3.09. The average Bonchev–Trinajstić information content (AvgIpc) is 3.24. The van der Waals surface area contributed by atoms with Gasteiger partial charge in [-0.2, -0.15) is 0 Å². The number of hydrogen-bond donors (Lipinski definition) is 0. The number of aromatic nitrogens is 4. The standard InChI is InChI=1S/C23H25N5O/c1-16-22(27-12-6-5-9-21(27)24-16)23(29)26-13-10-18(11-14-26)15-28-17(2)25-19-7-3-4-8-20(19)28/h3-9,12,18H,10-11,13-15H2,1-2H3. The second-order valence-electron chi connectivity index (χ2n) is 7.97. The Balaban J connectivity index is 1.31. The predicted octanol–water partition coefficient (Wildman–Crippen LogP) is 3.85. The van der Waals surface area contributed by atoms with Crippen molar-refractivity contribution in [2.75, 3.05) is 13.1 Å². The zero-order valence-corrected chi connectivity index (χ0v) is 16.9. The molecule has 0 N–H and O–H groups in total. The highest BCUT2D eigenvalue weighted by molar-refractivity contribution is 5.94. The van der Waals surface area contributed by atoms with Crippen LogP contribution in [-0.4, -0.2) is 42.8 Å². The molecule has 29 heavy (non-hydrogen) atoms. The molecule has 3 aromatic heterocycles. The summed E-state index contributed by atoms with van der Waals surface area (Å²) in [7, 11) is 0. The van der Waals surface area contributed by atoms with E-state index in [0.29, 0.717) is 11.6 Å². The van der Waals surface area contributed by atoms with Gasteiger partial charge in [0.05, 0.1) is 16.7 Å². The molecule has 0 radical (unpaired) electrons. The van der Waals surface area contributed by atoms with E-state index < -0.39 is 0 Å². The first kappa shape index (κ1) is 17.9. The van der Waals surface area contributed by atoms with Crippen molar-refractivity contribution in [1.29, 1.82) is 0 Å². The Hall–Kier alpha value is -3.15. The number of rotatable bonds is 3. The van der Waals surface area contributed by atoms with Crippen LogP contribution in [0.3, 0.4) is 0 Å². The fourth-order valence-electron chi connectivity index (χ4n) is 4.52. The molecule has 0 spiro atoms. The Kier molecular flexibility index (Phi) is 4.34. The highest BCUT2D eigenvalue weighted by Crippen LogP contribution is 2.25. The molecule has 1 saturated heterocycles. The number of aryl methyl sites for hydroxylation is 2. The number of benzene rings is 1. The minimum absolute atomic E-state index is 0.0870. The second kappa shape index (κ2) is 7.03. The lowest BCUT2D eigenvalue weighted by Gasteiger charge is -2.32. The minimum Gasteiger partial charge on any atom is -0.337 e. The van der Waals surface area contributed by atoms with Crippen LogP contribution in [0.5, 0.6) is 0 Å². The first-order valence-electron chi connectivity index (χ1n) is 10.3. The van der Waals surface area contributed by atoms with Gasteiger partial charge in [0.15, 0.2) is 0 Å². The van der Waals surface area contributed by atoms with Crippen LogP contribution in [0.25, 0.3) is 16.7 Å². The summed E-state index contributed by atoms with van der Waals surface area (Å²) in [5.74, 6) is 1.70. The Bertz CT molecular complexity index is 1200. The molecule has 4 aromatic rings. The average molecular weight is 387 g/mol. The van der Waals surface area contributed by atoms with E-state index in [1.165, 1.54) is 5.52 Å². The lowest BCUT2D eigenvalue weighted by Crippen LogP contribution is -2.40. The number of pyridine rings is 1. The van der Waals surface area contributed by atoms with E-state index in [1.807, 2.05) is 46.7 Å². The molecule has 0 aliphatic carbocycles. The largest absolute Gasteiger partial charge is 0.337 e. The fraction of sp³-hybridized carbons (Fsp3) is 0.348. The molecule has 0 atom stereocenters. The number of hydrogen-bond acceptors (Lipinski definition) is 3. The van der Waals surface area contributed by atoms with Crippen molar-refractivity contribution < 1.29 is 4.79 Å². The van der Waals surface area contributed by atoms with Crippen molar-refractivity contribution in [3.63, 3.8) is 0 Å². The molecule has 0 unspecified atom stereocenters. The van der Waals surface area contributed by atoms with Crippen LogP contribution in [0, 0.1) is 19.8 Å². The zero-order chi connectivity index (χ0) is 20.0. The van der Waals surface area contributed by atoms with Crippen LogP contribution < -0.4 is 0 Å². The first-order valence-corrected chi connectivity index (χ1v) is 10.3. The lowest BCUT2D eigenvalue weighted by atomic mass is 9.96. The molecule has 6 nitrogen and oxygen atoms in total. The number of carbonyl (C=O) groups excluding carboxylic acids is 1. The van der Waals surface area contributed by atoms with Crippen molar-refractivity contribution in [2.45, 2.75) is 33.2 Å². The number of nitrogens with zero attached hydrogens (tertiary/aromatic N) is 5. The van der Waals surface area contributed by atoms with Crippen LogP contribution in [0.1, 0.15) is 34.8 Å². The van der Waals surface area contributed by atoms with Gasteiger partial charge in [0.25, 0.3) is 5.91 Å². The molecule has 5 rings (SSSR count). The first-order chi connectivity index (χ1) is 14.1. The maximum atomic E-state index is 13.2. The van der Waals surface area contributed by atoms with Crippen LogP contribution in [0.4, 0.5) is 0 Å². The summed E-state index contributed by atoms with van der Waals surface area (Å²) in [4.78, 5) is 24.4. The van der Waals surface area contributed by atoms with Crippen molar-refractivity contribution in [1.82, 2.24) is 23.8 Å². The highest BCUT2D eigenvalue weighted by Gasteiger charge is 2.27. The third-order valence-electron chi connectivity index (χ3n) is 6.09. The zero-order valence-electron chi connectivity index (χ0n) is 16.9. The van der Waals surface area contributed by atoms with Gasteiger partial charge in [0.2, 0.25) is 0 Å². The smallest absolute Gasteiger partial charge is 0.272 e. The van der Waals surface area contributed by atoms with Crippen molar-refractivity contribution in [2.24, 2.45) is 5.92 Å². The van der Waals surface area contributed by atoms with Gasteiger partial charge in [-0.3, -0.25) is 9.20 Å². The summed E-state index contributed by atoms with van der Waals surface area (Å²) in [6, 6.07) is 14.1. The number of imidazole rings is 2. The molecule has 148 valence electrons. The van der Waals surface area contributed by atoms with Gasteiger partial charge < -0.3 is 9.47 Å². The van der Waals surface area contributed by atoms with Gasteiger partial charge in [-0.15, -0.1) is 0 Å². The van der Waals surface area contributed by atoms with E-state index >= 15 is 0 Å².